The van der Waals surface area contributed by atoms with Gasteiger partial charge in [0.1, 0.15) is 5.75 Å². The van der Waals surface area contributed by atoms with Gasteiger partial charge in [0, 0.05) is 13.1 Å². The molecule has 0 bridgehead atoms. The highest BCUT2D eigenvalue weighted by Crippen LogP contribution is 2.34. The Morgan fingerprint density at radius 2 is 1.88 bits per heavy atom. The summed E-state index contributed by atoms with van der Waals surface area (Å²) in [5.41, 5.74) is -0.844. The number of nitrogens with one attached hydrogen (secondary N) is 1. The van der Waals surface area contributed by atoms with Gasteiger partial charge in [-0.2, -0.15) is 13.2 Å². The first-order chi connectivity index (χ1) is 11.8. The van der Waals surface area contributed by atoms with E-state index in [-0.39, 0.29) is 23.3 Å². The van der Waals surface area contributed by atoms with Gasteiger partial charge in [-0.3, -0.25) is 4.79 Å². The van der Waals surface area contributed by atoms with Crippen LogP contribution >= 0.6 is 11.6 Å². The second-order valence-electron chi connectivity index (χ2n) is 6.57. The van der Waals surface area contributed by atoms with Crippen molar-refractivity contribution in [1.82, 2.24) is 10.2 Å². The summed E-state index contributed by atoms with van der Waals surface area (Å²) >= 11 is 5.84. The van der Waals surface area contributed by atoms with Crippen molar-refractivity contribution < 1.29 is 22.7 Å². The molecule has 8 heteroatoms. The van der Waals surface area contributed by atoms with Crippen LogP contribution < -0.4 is 10.1 Å². The number of ether oxygens (including phenoxy) is 1. The lowest BCUT2D eigenvalue weighted by Gasteiger charge is -2.21. The van der Waals surface area contributed by atoms with E-state index in [9.17, 15) is 18.0 Å². The fraction of sp³-hybridized carbons (Fsp3) is 0.588. The molecular weight excluding hydrogens is 357 g/mol. The minimum Gasteiger partial charge on any atom is -0.482 e. The van der Waals surface area contributed by atoms with Crippen LogP contribution in [0.2, 0.25) is 5.02 Å². The van der Waals surface area contributed by atoms with Crippen LogP contribution in [0.5, 0.6) is 5.75 Å². The molecule has 1 aromatic carbocycles. The van der Waals surface area contributed by atoms with Gasteiger partial charge < -0.3 is 15.0 Å². The van der Waals surface area contributed by atoms with E-state index in [1.54, 1.807) is 4.90 Å². The number of amides is 1. The van der Waals surface area contributed by atoms with E-state index in [1.165, 1.54) is 0 Å². The van der Waals surface area contributed by atoms with Crippen molar-refractivity contribution in [3.05, 3.63) is 28.8 Å². The molecule has 138 valence electrons. The Kier molecular flexibility index (Phi) is 5.43. The number of nitrogens with zero attached hydrogens (tertiary/aromatic N) is 1. The molecule has 0 aromatic heterocycles. The molecule has 2 fully saturated rings. The summed E-state index contributed by atoms with van der Waals surface area (Å²) in [6.07, 6.45) is -2.54. The first-order valence-electron chi connectivity index (χ1n) is 8.32. The SMILES string of the molecule is O=C(COc1ccc(C(F)(F)F)cc1Cl)N1CC[C@@H]2CNC[C@@H]2CC1. The maximum Gasteiger partial charge on any atom is 0.416 e. The highest BCUT2D eigenvalue weighted by atomic mass is 35.5. The zero-order chi connectivity index (χ0) is 18.0. The second kappa shape index (κ2) is 7.41. The molecule has 2 aliphatic rings. The molecule has 0 radical (unpaired) electrons. The average molecular weight is 377 g/mol. The number of hydrogen-bond acceptors (Lipinski definition) is 3. The molecule has 2 saturated heterocycles. The molecule has 1 N–H and O–H groups in total. The number of halogens is 4. The van der Waals surface area contributed by atoms with E-state index in [4.69, 9.17) is 16.3 Å². The predicted molar refractivity (Wildman–Crippen MR) is 87.6 cm³/mol. The Balaban J connectivity index is 1.55. The van der Waals surface area contributed by atoms with Gasteiger partial charge in [0.05, 0.1) is 10.6 Å². The summed E-state index contributed by atoms with van der Waals surface area (Å²) in [5.74, 6) is 1.15. The van der Waals surface area contributed by atoms with Gasteiger partial charge in [-0.05, 0) is 56.0 Å². The topological polar surface area (TPSA) is 41.6 Å². The minimum absolute atomic E-state index is 0.0823. The van der Waals surface area contributed by atoms with E-state index in [2.05, 4.69) is 5.32 Å². The molecule has 0 spiro atoms. The Hall–Kier alpha value is -1.47. The Bertz CT molecular complexity index is 625. The predicted octanol–water partition coefficient (Wildman–Crippen LogP) is 3.20. The van der Waals surface area contributed by atoms with Crippen LogP contribution in [-0.4, -0.2) is 43.6 Å². The third-order valence-corrected chi connectivity index (χ3v) is 5.28. The molecule has 1 aromatic rings. The largest absolute Gasteiger partial charge is 0.482 e. The van der Waals surface area contributed by atoms with E-state index in [0.717, 1.165) is 44.1 Å². The molecule has 0 unspecified atom stereocenters. The number of hydrogen-bond donors (Lipinski definition) is 1. The highest BCUT2D eigenvalue weighted by Gasteiger charge is 2.32. The lowest BCUT2D eigenvalue weighted by Crippen LogP contribution is -2.36. The quantitative estimate of drug-likeness (QED) is 0.880. The molecule has 2 atom stereocenters. The molecular formula is C17H20ClF3N2O2. The van der Waals surface area contributed by atoms with E-state index < -0.39 is 11.7 Å². The maximum absolute atomic E-state index is 12.6. The first-order valence-corrected chi connectivity index (χ1v) is 8.70. The molecule has 3 rings (SSSR count). The van der Waals surface area contributed by atoms with Gasteiger partial charge >= 0.3 is 6.18 Å². The zero-order valence-corrected chi connectivity index (χ0v) is 14.4. The number of fused-ring (bicyclic) bond motifs is 1. The summed E-state index contributed by atoms with van der Waals surface area (Å²) in [6.45, 7) is 3.16. The minimum atomic E-state index is -4.46. The van der Waals surface area contributed by atoms with Crippen molar-refractivity contribution in [1.29, 1.82) is 0 Å². The number of carbonyl (C=O) groups excluding carboxylic acids is 1. The van der Waals surface area contributed by atoms with Crippen molar-refractivity contribution in [3.8, 4) is 5.75 Å². The number of likely N-dealkylation sites (tertiary alicyclic amines) is 1. The zero-order valence-electron chi connectivity index (χ0n) is 13.6. The van der Waals surface area contributed by atoms with Gasteiger partial charge in [0.15, 0.2) is 6.61 Å². The highest BCUT2D eigenvalue weighted by molar-refractivity contribution is 6.32. The van der Waals surface area contributed by atoms with Crippen molar-refractivity contribution in [2.75, 3.05) is 32.8 Å². The first kappa shape index (κ1) is 18.3. The van der Waals surface area contributed by atoms with Gasteiger partial charge in [-0.1, -0.05) is 11.6 Å². The fourth-order valence-corrected chi connectivity index (χ4v) is 3.73. The summed E-state index contributed by atoms with van der Waals surface area (Å²) in [6, 6.07) is 2.85. The third kappa shape index (κ3) is 4.39. The molecule has 0 saturated carbocycles. The Morgan fingerprint density at radius 1 is 1.24 bits per heavy atom. The molecule has 0 aliphatic carbocycles. The van der Waals surface area contributed by atoms with Crippen LogP contribution in [0.1, 0.15) is 18.4 Å². The fourth-order valence-electron chi connectivity index (χ4n) is 3.49. The third-order valence-electron chi connectivity index (χ3n) is 4.98. The Labute approximate surface area is 149 Å². The van der Waals surface area contributed by atoms with Crippen molar-refractivity contribution in [2.45, 2.75) is 19.0 Å². The summed E-state index contributed by atoms with van der Waals surface area (Å²) in [5, 5.41) is 3.23. The second-order valence-corrected chi connectivity index (χ2v) is 6.98. The Morgan fingerprint density at radius 3 is 2.44 bits per heavy atom. The van der Waals surface area contributed by atoms with E-state index in [1.807, 2.05) is 0 Å². The molecule has 2 aliphatic heterocycles. The number of alkyl halides is 3. The summed E-state index contributed by atoms with van der Waals surface area (Å²) in [4.78, 5) is 14.1. The van der Waals surface area contributed by atoms with Crippen molar-refractivity contribution in [3.63, 3.8) is 0 Å². The maximum atomic E-state index is 12.6. The number of rotatable bonds is 3. The lowest BCUT2D eigenvalue weighted by molar-refractivity contribution is -0.137. The molecule has 1 amide bonds. The molecule has 4 nitrogen and oxygen atoms in total. The van der Waals surface area contributed by atoms with E-state index >= 15 is 0 Å². The average Bonchev–Trinajstić information content (AvgIpc) is 2.91. The smallest absolute Gasteiger partial charge is 0.416 e. The lowest BCUT2D eigenvalue weighted by atomic mass is 9.92. The van der Waals surface area contributed by atoms with Gasteiger partial charge in [0.2, 0.25) is 0 Å². The van der Waals surface area contributed by atoms with Crippen LogP contribution in [0, 0.1) is 11.8 Å². The summed E-state index contributed by atoms with van der Waals surface area (Å²) in [7, 11) is 0. The van der Waals surface area contributed by atoms with Crippen LogP contribution in [0.15, 0.2) is 18.2 Å². The van der Waals surface area contributed by atoms with Gasteiger partial charge in [0.25, 0.3) is 5.91 Å². The van der Waals surface area contributed by atoms with Crippen LogP contribution in [0.25, 0.3) is 0 Å². The standard InChI is InChI=1S/C17H20ClF3N2O2/c18-14-7-13(17(19,20)21)1-2-15(14)25-10-16(24)23-5-3-11-8-22-9-12(11)4-6-23/h1-2,7,11-12,22H,3-6,8-10H2/t11-,12+. The van der Waals surface area contributed by atoms with Gasteiger partial charge in [-0.25, -0.2) is 0 Å². The van der Waals surface area contributed by atoms with Crippen molar-refractivity contribution >= 4 is 17.5 Å². The monoisotopic (exact) mass is 376 g/mol. The van der Waals surface area contributed by atoms with Crippen LogP contribution in [0.4, 0.5) is 13.2 Å². The molecule has 2 heterocycles. The normalized spacial score (nSPS) is 23.9. The molecule has 25 heavy (non-hydrogen) atoms. The summed E-state index contributed by atoms with van der Waals surface area (Å²) < 4.78 is 43.2. The van der Waals surface area contributed by atoms with Gasteiger partial charge in [-0.15, -0.1) is 0 Å². The van der Waals surface area contributed by atoms with Crippen LogP contribution in [0.3, 0.4) is 0 Å². The number of benzene rings is 1. The number of carbonyl (C=O) groups is 1. The van der Waals surface area contributed by atoms with E-state index in [0.29, 0.717) is 24.9 Å². The van der Waals surface area contributed by atoms with Crippen molar-refractivity contribution in [2.24, 2.45) is 11.8 Å². The van der Waals surface area contributed by atoms with Crippen LogP contribution in [-0.2, 0) is 11.0 Å².